The van der Waals surface area contributed by atoms with Crippen LogP contribution in [-0.2, 0) is 0 Å². The summed E-state index contributed by atoms with van der Waals surface area (Å²) in [5, 5.41) is 7.70. The summed E-state index contributed by atoms with van der Waals surface area (Å²) in [6.07, 6.45) is 14.1. The SMILES string of the molecule is O=C(NC1CCCCC1n1cccn1)N1CCC(c2ccncc2)CC1. The predicted octanol–water partition coefficient (Wildman–Crippen LogP) is 3.35. The van der Waals surface area contributed by atoms with Crippen molar-refractivity contribution in [2.75, 3.05) is 13.1 Å². The third kappa shape index (κ3) is 3.74. The van der Waals surface area contributed by atoms with Crippen LogP contribution in [0.1, 0.15) is 56.0 Å². The van der Waals surface area contributed by atoms with Crippen molar-refractivity contribution in [3.8, 4) is 0 Å². The number of pyridine rings is 1. The van der Waals surface area contributed by atoms with Gasteiger partial charge in [-0.05, 0) is 55.4 Å². The molecule has 1 aliphatic carbocycles. The van der Waals surface area contributed by atoms with Crippen LogP contribution in [0.15, 0.2) is 43.0 Å². The number of hydrogen-bond donors (Lipinski definition) is 1. The Morgan fingerprint density at radius 2 is 1.81 bits per heavy atom. The molecular weight excluding hydrogens is 326 g/mol. The van der Waals surface area contributed by atoms with E-state index in [0.717, 1.165) is 38.8 Å². The highest BCUT2D eigenvalue weighted by Crippen LogP contribution is 2.30. The van der Waals surface area contributed by atoms with Crippen molar-refractivity contribution < 1.29 is 4.79 Å². The van der Waals surface area contributed by atoms with E-state index in [1.54, 1.807) is 0 Å². The number of carbonyl (C=O) groups is 1. The molecule has 1 saturated carbocycles. The van der Waals surface area contributed by atoms with Gasteiger partial charge in [0.25, 0.3) is 0 Å². The third-order valence-electron chi connectivity index (χ3n) is 5.86. The Morgan fingerprint density at radius 1 is 1.04 bits per heavy atom. The molecule has 1 saturated heterocycles. The number of likely N-dealkylation sites (tertiary alicyclic amines) is 1. The summed E-state index contributed by atoms with van der Waals surface area (Å²) in [5.41, 5.74) is 1.34. The summed E-state index contributed by atoms with van der Waals surface area (Å²) >= 11 is 0. The molecule has 2 amide bonds. The number of carbonyl (C=O) groups excluding carboxylic acids is 1. The Bertz CT molecular complexity index is 694. The summed E-state index contributed by atoms with van der Waals surface area (Å²) in [6, 6.07) is 6.68. The van der Waals surface area contributed by atoms with E-state index < -0.39 is 0 Å². The summed E-state index contributed by atoms with van der Waals surface area (Å²) in [7, 11) is 0. The Balaban J connectivity index is 1.33. The van der Waals surface area contributed by atoms with E-state index in [1.165, 1.54) is 18.4 Å². The van der Waals surface area contributed by atoms with Gasteiger partial charge in [0.15, 0.2) is 0 Å². The van der Waals surface area contributed by atoms with Crippen molar-refractivity contribution in [3.63, 3.8) is 0 Å². The molecule has 2 aliphatic rings. The zero-order valence-electron chi connectivity index (χ0n) is 15.1. The first-order chi connectivity index (χ1) is 12.8. The molecular formula is C20H27N5O. The quantitative estimate of drug-likeness (QED) is 0.920. The maximum Gasteiger partial charge on any atom is 0.317 e. The van der Waals surface area contributed by atoms with Crippen LogP contribution >= 0.6 is 0 Å². The highest BCUT2D eigenvalue weighted by molar-refractivity contribution is 5.74. The smallest absolute Gasteiger partial charge is 0.317 e. The van der Waals surface area contributed by atoms with E-state index in [0.29, 0.717) is 5.92 Å². The number of amides is 2. The lowest BCUT2D eigenvalue weighted by molar-refractivity contribution is 0.165. The third-order valence-corrected chi connectivity index (χ3v) is 5.86. The second kappa shape index (κ2) is 7.89. The lowest BCUT2D eigenvalue weighted by atomic mass is 9.89. The molecule has 0 aromatic carbocycles. The fourth-order valence-corrected chi connectivity index (χ4v) is 4.37. The van der Waals surface area contributed by atoms with Gasteiger partial charge >= 0.3 is 6.03 Å². The lowest BCUT2D eigenvalue weighted by Gasteiger charge is -2.36. The second-order valence-electron chi connectivity index (χ2n) is 7.44. The number of hydrogen-bond acceptors (Lipinski definition) is 3. The molecule has 1 aliphatic heterocycles. The molecule has 1 N–H and O–H groups in total. The number of nitrogens with zero attached hydrogens (tertiary/aromatic N) is 4. The van der Waals surface area contributed by atoms with Gasteiger partial charge < -0.3 is 10.2 Å². The number of nitrogens with one attached hydrogen (secondary N) is 1. The van der Waals surface area contributed by atoms with Gasteiger partial charge in [0.1, 0.15) is 0 Å². The molecule has 138 valence electrons. The Kier molecular flexibility index (Phi) is 5.18. The van der Waals surface area contributed by atoms with Gasteiger partial charge in [-0.3, -0.25) is 9.67 Å². The highest BCUT2D eigenvalue weighted by Gasteiger charge is 2.31. The molecule has 6 heteroatoms. The normalized spacial score (nSPS) is 24.4. The van der Waals surface area contributed by atoms with Crippen LogP contribution in [0, 0.1) is 0 Å². The zero-order valence-corrected chi connectivity index (χ0v) is 15.1. The number of urea groups is 1. The van der Waals surface area contributed by atoms with E-state index >= 15 is 0 Å². The minimum absolute atomic E-state index is 0.0854. The molecule has 2 unspecified atom stereocenters. The fourth-order valence-electron chi connectivity index (χ4n) is 4.37. The van der Waals surface area contributed by atoms with Gasteiger partial charge in [-0.2, -0.15) is 5.10 Å². The molecule has 0 radical (unpaired) electrons. The summed E-state index contributed by atoms with van der Waals surface area (Å²) in [6.45, 7) is 1.63. The van der Waals surface area contributed by atoms with Gasteiger partial charge in [0.2, 0.25) is 0 Å². The van der Waals surface area contributed by atoms with Gasteiger partial charge in [-0.25, -0.2) is 4.79 Å². The molecule has 6 nitrogen and oxygen atoms in total. The highest BCUT2D eigenvalue weighted by atomic mass is 16.2. The van der Waals surface area contributed by atoms with Gasteiger partial charge in [0, 0.05) is 37.9 Å². The molecule has 0 bridgehead atoms. The van der Waals surface area contributed by atoms with Gasteiger partial charge in [-0.1, -0.05) is 12.8 Å². The Hall–Kier alpha value is -2.37. The molecule has 2 atom stereocenters. The first-order valence-electron chi connectivity index (χ1n) is 9.76. The molecule has 26 heavy (non-hydrogen) atoms. The van der Waals surface area contributed by atoms with Crippen LogP contribution in [0.2, 0.25) is 0 Å². The predicted molar refractivity (Wildman–Crippen MR) is 99.8 cm³/mol. The molecule has 2 aromatic heterocycles. The van der Waals surface area contributed by atoms with Crippen LogP contribution in [-0.4, -0.2) is 44.8 Å². The fraction of sp³-hybridized carbons (Fsp3) is 0.550. The van der Waals surface area contributed by atoms with E-state index in [9.17, 15) is 4.79 Å². The maximum absolute atomic E-state index is 12.8. The maximum atomic E-state index is 12.8. The lowest BCUT2D eigenvalue weighted by Crippen LogP contribution is -2.50. The average molecular weight is 353 g/mol. The summed E-state index contributed by atoms with van der Waals surface area (Å²) in [4.78, 5) is 18.9. The average Bonchev–Trinajstić information content (AvgIpc) is 3.24. The van der Waals surface area contributed by atoms with E-state index in [2.05, 4.69) is 27.5 Å². The van der Waals surface area contributed by atoms with E-state index in [1.807, 2.05) is 40.4 Å². The van der Waals surface area contributed by atoms with Crippen LogP contribution < -0.4 is 5.32 Å². The summed E-state index contributed by atoms with van der Waals surface area (Å²) in [5.74, 6) is 0.536. The van der Waals surface area contributed by atoms with E-state index in [4.69, 9.17) is 0 Å². The van der Waals surface area contributed by atoms with Crippen molar-refractivity contribution >= 4 is 6.03 Å². The van der Waals surface area contributed by atoms with Gasteiger partial charge in [-0.15, -0.1) is 0 Å². The molecule has 4 rings (SSSR count). The minimum Gasteiger partial charge on any atom is -0.333 e. The van der Waals surface area contributed by atoms with Crippen LogP contribution in [0.5, 0.6) is 0 Å². The standard InChI is InChI=1S/C20H27N5O/c26-20(23-18-4-1-2-5-19(18)25-13-3-10-22-25)24-14-8-17(9-15-24)16-6-11-21-12-7-16/h3,6-7,10-13,17-19H,1-2,4-5,8-9,14-15H2,(H,23,26). The molecule has 2 fully saturated rings. The summed E-state index contributed by atoms with van der Waals surface area (Å²) < 4.78 is 2.01. The minimum atomic E-state index is 0.0854. The molecule has 3 heterocycles. The Morgan fingerprint density at radius 3 is 2.54 bits per heavy atom. The van der Waals surface area contributed by atoms with Crippen LogP contribution in [0.4, 0.5) is 4.79 Å². The molecule has 2 aromatic rings. The van der Waals surface area contributed by atoms with Gasteiger partial charge in [0.05, 0.1) is 12.1 Å². The Labute approximate surface area is 154 Å². The molecule has 0 spiro atoms. The first kappa shape index (κ1) is 17.1. The zero-order chi connectivity index (χ0) is 17.8. The van der Waals surface area contributed by atoms with Crippen LogP contribution in [0.25, 0.3) is 0 Å². The topological polar surface area (TPSA) is 63.1 Å². The van der Waals surface area contributed by atoms with Crippen molar-refractivity contribution in [1.82, 2.24) is 25.0 Å². The largest absolute Gasteiger partial charge is 0.333 e. The van der Waals surface area contributed by atoms with E-state index in [-0.39, 0.29) is 18.1 Å². The number of aromatic nitrogens is 3. The number of rotatable bonds is 3. The van der Waals surface area contributed by atoms with Crippen molar-refractivity contribution in [1.29, 1.82) is 0 Å². The van der Waals surface area contributed by atoms with Crippen LogP contribution in [0.3, 0.4) is 0 Å². The van der Waals surface area contributed by atoms with Crippen molar-refractivity contribution in [2.24, 2.45) is 0 Å². The monoisotopic (exact) mass is 353 g/mol. The number of piperidine rings is 1. The first-order valence-corrected chi connectivity index (χ1v) is 9.76. The van der Waals surface area contributed by atoms with Crippen molar-refractivity contribution in [3.05, 3.63) is 48.5 Å². The second-order valence-corrected chi connectivity index (χ2v) is 7.44. The van der Waals surface area contributed by atoms with Crippen molar-refractivity contribution in [2.45, 2.75) is 56.5 Å².